The van der Waals surface area contributed by atoms with Crippen LogP contribution in [-0.2, 0) is 4.79 Å². The van der Waals surface area contributed by atoms with Crippen LogP contribution in [0, 0.1) is 0 Å². The summed E-state index contributed by atoms with van der Waals surface area (Å²) in [6, 6.07) is 3.43. The third kappa shape index (κ3) is 4.48. The van der Waals surface area contributed by atoms with Crippen molar-refractivity contribution in [2.75, 3.05) is 52.9 Å². The predicted octanol–water partition coefficient (Wildman–Crippen LogP) is 0.861. The van der Waals surface area contributed by atoms with E-state index < -0.39 is 0 Å². The van der Waals surface area contributed by atoms with Crippen molar-refractivity contribution in [3.05, 3.63) is 23.9 Å². The number of piperazine rings is 1. The van der Waals surface area contributed by atoms with Gasteiger partial charge in [0, 0.05) is 51.5 Å². The zero-order chi connectivity index (χ0) is 17.6. The molecule has 7 heteroatoms. The van der Waals surface area contributed by atoms with Gasteiger partial charge in [0.2, 0.25) is 11.8 Å². The molecular formula is C18H26N4O3. The van der Waals surface area contributed by atoms with E-state index in [9.17, 15) is 9.59 Å². The third-order valence-electron chi connectivity index (χ3n) is 4.92. The Balaban J connectivity index is 1.47. The van der Waals surface area contributed by atoms with Gasteiger partial charge in [-0.3, -0.25) is 14.5 Å². The van der Waals surface area contributed by atoms with Gasteiger partial charge in [-0.15, -0.1) is 0 Å². The lowest BCUT2D eigenvalue weighted by molar-refractivity contribution is -0.133. The van der Waals surface area contributed by atoms with Crippen LogP contribution in [0.4, 0.5) is 0 Å². The fourth-order valence-corrected chi connectivity index (χ4v) is 3.35. The van der Waals surface area contributed by atoms with Crippen LogP contribution in [0.15, 0.2) is 18.3 Å². The van der Waals surface area contributed by atoms with Crippen molar-refractivity contribution in [3.8, 4) is 5.88 Å². The first kappa shape index (κ1) is 17.7. The number of nitrogens with zero attached hydrogens (tertiary/aromatic N) is 4. The van der Waals surface area contributed by atoms with E-state index in [1.165, 1.54) is 6.42 Å². The van der Waals surface area contributed by atoms with Crippen LogP contribution in [0.25, 0.3) is 0 Å². The smallest absolute Gasteiger partial charge is 0.255 e. The second-order valence-electron chi connectivity index (χ2n) is 6.60. The van der Waals surface area contributed by atoms with E-state index in [0.717, 1.165) is 39.0 Å². The largest absolute Gasteiger partial charge is 0.481 e. The summed E-state index contributed by atoms with van der Waals surface area (Å²) in [5.74, 6) is 0.702. The van der Waals surface area contributed by atoms with Crippen LogP contribution >= 0.6 is 0 Å². The Morgan fingerprint density at radius 2 is 1.72 bits per heavy atom. The summed E-state index contributed by atoms with van der Waals surface area (Å²) < 4.78 is 5.02. The van der Waals surface area contributed by atoms with Crippen molar-refractivity contribution in [1.82, 2.24) is 19.7 Å². The van der Waals surface area contributed by atoms with Gasteiger partial charge in [-0.05, 0) is 25.3 Å². The number of ether oxygens (including phenoxy) is 1. The molecule has 3 rings (SSSR count). The van der Waals surface area contributed by atoms with E-state index in [2.05, 4.69) is 9.88 Å². The minimum atomic E-state index is -0.0165. The van der Waals surface area contributed by atoms with Gasteiger partial charge in [0.1, 0.15) is 0 Å². The van der Waals surface area contributed by atoms with Crippen molar-refractivity contribution >= 4 is 11.8 Å². The van der Waals surface area contributed by atoms with Gasteiger partial charge >= 0.3 is 0 Å². The molecule has 2 amide bonds. The summed E-state index contributed by atoms with van der Waals surface area (Å²) in [6.45, 7) is 4.98. The van der Waals surface area contributed by atoms with Gasteiger partial charge in [-0.25, -0.2) is 4.98 Å². The number of carbonyl (C=O) groups excluding carboxylic acids is 2. The molecule has 0 aromatic carbocycles. The number of rotatable bonds is 4. The monoisotopic (exact) mass is 346 g/mol. The molecule has 2 aliphatic rings. The zero-order valence-electron chi connectivity index (χ0n) is 14.8. The fraction of sp³-hybridized carbons (Fsp3) is 0.611. The fourth-order valence-electron chi connectivity index (χ4n) is 3.35. The normalized spacial score (nSPS) is 18.9. The van der Waals surface area contributed by atoms with Crippen LogP contribution in [0.5, 0.6) is 5.88 Å². The van der Waals surface area contributed by atoms with Crippen LogP contribution < -0.4 is 4.74 Å². The average molecular weight is 346 g/mol. The van der Waals surface area contributed by atoms with Crippen LogP contribution in [0.3, 0.4) is 0 Å². The number of amides is 2. The lowest BCUT2D eigenvalue weighted by atomic mass is 10.1. The summed E-state index contributed by atoms with van der Waals surface area (Å²) in [4.78, 5) is 34.9. The molecule has 0 unspecified atom stereocenters. The van der Waals surface area contributed by atoms with E-state index in [0.29, 0.717) is 31.1 Å². The maximum Gasteiger partial charge on any atom is 0.255 e. The Bertz CT molecular complexity index is 591. The lowest BCUT2D eigenvalue weighted by Gasteiger charge is -2.36. The molecule has 0 radical (unpaired) electrons. The molecule has 136 valence electrons. The summed E-state index contributed by atoms with van der Waals surface area (Å²) in [5.41, 5.74) is 0.568. The van der Waals surface area contributed by atoms with E-state index in [1.54, 1.807) is 25.4 Å². The van der Waals surface area contributed by atoms with Crippen molar-refractivity contribution in [2.45, 2.75) is 19.3 Å². The highest BCUT2D eigenvalue weighted by atomic mass is 16.5. The number of carbonyl (C=O) groups is 2. The average Bonchev–Trinajstić information content (AvgIpc) is 2.69. The molecule has 7 nitrogen and oxygen atoms in total. The minimum absolute atomic E-state index is 0.0165. The van der Waals surface area contributed by atoms with Crippen molar-refractivity contribution in [3.63, 3.8) is 0 Å². The molecule has 1 aromatic heterocycles. The maximum absolute atomic E-state index is 12.5. The number of hydrogen-bond donors (Lipinski definition) is 0. The molecule has 1 aromatic rings. The molecule has 0 spiro atoms. The summed E-state index contributed by atoms with van der Waals surface area (Å²) in [6.07, 6.45) is 5.01. The number of pyridine rings is 1. The molecule has 25 heavy (non-hydrogen) atoms. The summed E-state index contributed by atoms with van der Waals surface area (Å²) in [7, 11) is 1.55. The molecule has 0 bridgehead atoms. The first-order valence-corrected chi connectivity index (χ1v) is 8.97. The Morgan fingerprint density at radius 3 is 2.32 bits per heavy atom. The van der Waals surface area contributed by atoms with Crippen molar-refractivity contribution in [2.24, 2.45) is 0 Å². The van der Waals surface area contributed by atoms with E-state index in [-0.39, 0.29) is 11.8 Å². The van der Waals surface area contributed by atoms with E-state index in [1.807, 2.05) is 9.80 Å². The first-order valence-electron chi connectivity index (χ1n) is 8.97. The topological polar surface area (TPSA) is 66.0 Å². The highest BCUT2D eigenvalue weighted by Crippen LogP contribution is 2.13. The SMILES string of the molecule is COc1ccc(C(=O)N2CCN(CC(=O)N3CCCCC3)CC2)cn1. The highest BCUT2D eigenvalue weighted by molar-refractivity contribution is 5.94. The van der Waals surface area contributed by atoms with Crippen molar-refractivity contribution in [1.29, 1.82) is 0 Å². The number of hydrogen-bond acceptors (Lipinski definition) is 5. The number of aromatic nitrogens is 1. The van der Waals surface area contributed by atoms with Gasteiger partial charge < -0.3 is 14.5 Å². The van der Waals surface area contributed by atoms with Crippen LogP contribution in [0.1, 0.15) is 29.6 Å². The van der Waals surface area contributed by atoms with Gasteiger partial charge in [0.15, 0.2) is 0 Å². The molecule has 0 aliphatic carbocycles. The Kier molecular flexibility index (Phi) is 5.86. The zero-order valence-corrected chi connectivity index (χ0v) is 14.8. The van der Waals surface area contributed by atoms with Gasteiger partial charge in [-0.1, -0.05) is 0 Å². The Hall–Kier alpha value is -2.15. The molecule has 0 saturated carbocycles. The standard InChI is InChI=1S/C18H26N4O3/c1-25-16-6-5-15(13-19-16)18(24)22-11-9-20(10-12-22)14-17(23)21-7-3-2-4-8-21/h5-6,13H,2-4,7-12,14H2,1H3. The Labute approximate surface area is 148 Å². The second kappa shape index (κ2) is 8.29. The highest BCUT2D eigenvalue weighted by Gasteiger charge is 2.25. The third-order valence-corrected chi connectivity index (χ3v) is 4.92. The van der Waals surface area contributed by atoms with E-state index in [4.69, 9.17) is 4.74 Å². The number of methoxy groups -OCH3 is 1. The molecule has 0 atom stereocenters. The number of piperidine rings is 1. The summed E-state index contributed by atoms with van der Waals surface area (Å²) >= 11 is 0. The van der Waals surface area contributed by atoms with Gasteiger partial charge in [-0.2, -0.15) is 0 Å². The molecule has 3 heterocycles. The van der Waals surface area contributed by atoms with Crippen LogP contribution in [0.2, 0.25) is 0 Å². The number of likely N-dealkylation sites (tertiary alicyclic amines) is 1. The molecular weight excluding hydrogens is 320 g/mol. The minimum Gasteiger partial charge on any atom is -0.481 e. The second-order valence-corrected chi connectivity index (χ2v) is 6.60. The van der Waals surface area contributed by atoms with E-state index >= 15 is 0 Å². The molecule has 2 aliphatic heterocycles. The maximum atomic E-state index is 12.5. The molecule has 2 saturated heterocycles. The lowest BCUT2D eigenvalue weighted by Crippen LogP contribution is -2.52. The van der Waals surface area contributed by atoms with Crippen LogP contribution in [-0.4, -0.2) is 84.4 Å². The Morgan fingerprint density at radius 1 is 1.00 bits per heavy atom. The van der Waals surface area contributed by atoms with Crippen molar-refractivity contribution < 1.29 is 14.3 Å². The molecule has 2 fully saturated rings. The van der Waals surface area contributed by atoms with Gasteiger partial charge in [0.05, 0.1) is 19.2 Å². The molecule has 0 N–H and O–H groups in total. The van der Waals surface area contributed by atoms with Gasteiger partial charge in [0.25, 0.3) is 5.91 Å². The predicted molar refractivity (Wildman–Crippen MR) is 93.6 cm³/mol. The first-order chi connectivity index (χ1) is 12.2. The summed E-state index contributed by atoms with van der Waals surface area (Å²) in [5, 5.41) is 0. The quantitative estimate of drug-likeness (QED) is 0.809.